The molecule has 0 amide bonds. The first kappa shape index (κ1) is 21.9. The lowest BCUT2D eigenvalue weighted by Gasteiger charge is -2.13. The summed E-state index contributed by atoms with van der Waals surface area (Å²) in [6.45, 7) is 3.83. The van der Waals surface area contributed by atoms with Crippen LogP contribution >= 0.6 is 23.2 Å². The lowest BCUT2D eigenvalue weighted by atomic mass is 10.1. The van der Waals surface area contributed by atoms with Gasteiger partial charge in [-0.15, -0.1) is 0 Å². The Morgan fingerprint density at radius 2 is 1.93 bits per heavy atom. The van der Waals surface area contributed by atoms with Gasteiger partial charge in [-0.2, -0.15) is 5.26 Å². The number of halogens is 2. The molecule has 1 aliphatic carbocycles. The standard InChI is InChI=1S/C22H20Cl2N2O4/c1-22(2)15(11-18(23)24)20(22)21(27)30-17(12-25)16-8-5-9-19(26-16)29-14-7-4-6-13(10-14)28-3/h4-11,15,17,20H,1-3H3. The summed E-state index contributed by atoms with van der Waals surface area (Å²) in [4.78, 5) is 17.0. The summed E-state index contributed by atoms with van der Waals surface area (Å²) in [5, 5.41) is 9.54. The maximum Gasteiger partial charge on any atom is 0.311 e. The number of carbonyl (C=O) groups excluding carboxylic acids is 1. The van der Waals surface area contributed by atoms with Gasteiger partial charge < -0.3 is 14.2 Å². The molecule has 1 fully saturated rings. The minimum absolute atomic E-state index is 0.101. The van der Waals surface area contributed by atoms with Gasteiger partial charge in [0, 0.05) is 12.1 Å². The van der Waals surface area contributed by atoms with E-state index >= 15 is 0 Å². The van der Waals surface area contributed by atoms with Gasteiger partial charge in [-0.25, -0.2) is 4.98 Å². The average molecular weight is 447 g/mol. The van der Waals surface area contributed by atoms with Gasteiger partial charge in [0.05, 0.1) is 18.7 Å². The van der Waals surface area contributed by atoms with Crippen LogP contribution in [-0.4, -0.2) is 18.1 Å². The molecule has 30 heavy (non-hydrogen) atoms. The number of esters is 1. The van der Waals surface area contributed by atoms with Gasteiger partial charge in [0.2, 0.25) is 12.0 Å². The van der Waals surface area contributed by atoms with E-state index in [1.165, 1.54) is 0 Å². The quantitative estimate of drug-likeness (QED) is 0.516. The molecule has 1 aliphatic rings. The zero-order valence-corrected chi connectivity index (χ0v) is 18.1. The smallest absolute Gasteiger partial charge is 0.311 e. The van der Waals surface area contributed by atoms with E-state index in [2.05, 4.69) is 4.98 Å². The fourth-order valence-electron chi connectivity index (χ4n) is 3.34. The monoisotopic (exact) mass is 446 g/mol. The van der Waals surface area contributed by atoms with Crippen LogP contribution in [0.15, 0.2) is 53.0 Å². The first-order valence-corrected chi connectivity index (χ1v) is 9.93. The third-order valence-corrected chi connectivity index (χ3v) is 5.35. The highest BCUT2D eigenvalue weighted by Gasteiger charge is 2.62. The van der Waals surface area contributed by atoms with Gasteiger partial charge in [0.25, 0.3) is 0 Å². The third-order valence-electron chi connectivity index (χ3n) is 5.10. The molecule has 0 bridgehead atoms. The maximum absolute atomic E-state index is 12.6. The van der Waals surface area contributed by atoms with Crippen molar-refractivity contribution in [2.75, 3.05) is 7.11 Å². The predicted molar refractivity (Wildman–Crippen MR) is 112 cm³/mol. The molecule has 0 N–H and O–H groups in total. The van der Waals surface area contributed by atoms with Gasteiger partial charge >= 0.3 is 5.97 Å². The first-order chi connectivity index (χ1) is 14.3. The molecule has 1 aromatic carbocycles. The largest absolute Gasteiger partial charge is 0.497 e. The minimum atomic E-state index is -1.17. The van der Waals surface area contributed by atoms with Crippen molar-refractivity contribution in [2.24, 2.45) is 17.3 Å². The minimum Gasteiger partial charge on any atom is -0.497 e. The number of rotatable bonds is 7. The highest BCUT2D eigenvalue weighted by Crippen LogP contribution is 2.60. The van der Waals surface area contributed by atoms with Crippen LogP contribution < -0.4 is 9.47 Å². The zero-order chi connectivity index (χ0) is 21.9. The van der Waals surface area contributed by atoms with Crippen LogP contribution in [-0.2, 0) is 9.53 Å². The average Bonchev–Trinajstić information content (AvgIpc) is 3.25. The summed E-state index contributed by atoms with van der Waals surface area (Å²) in [5.41, 5.74) is -0.0798. The number of allylic oxidation sites excluding steroid dienone is 1. The molecule has 0 aliphatic heterocycles. The molecule has 6 nitrogen and oxygen atoms in total. The topological polar surface area (TPSA) is 81.4 Å². The van der Waals surface area contributed by atoms with Gasteiger partial charge in [0.1, 0.15) is 22.1 Å². The molecule has 1 saturated carbocycles. The summed E-state index contributed by atoms with van der Waals surface area (Å²) in [6, 6.07) is 13.9. The Labute approximate surface area is 185 Å². The molecule has 1 heterocycles. The van der Waals surface area contributed by atoms with E-state index in [1.54, 1.807) is 55.7 Å². The molecule has 156 valence electrons. The highest BCUT2D eigenvalue weighted by molar-refractivity contribution is 6.55. The van der Waals surface area contributed by atoms with Crippen molar-refractivity contribution < 1.29 is 19.0 Å². The maximum atomic E-state index is 12.6. The summed E-state index contributed by atoms with van der Waals surface area (Å²) >= 11 is 11.5. The Morgan fingerprint density at radius 1 is 1.23 bits per heavy atom. The number of nitrogens with zero attached hydrogens (tertiary/aromatic N) is 2. The number of benzene rings is 1. The van der Waals surface area contributed by atoms with Gasteiger partial charge in [-0.05, 0) is 35.6 Å². The van der Waals surface area contributed by atoms with Gasteiger partial charge in [-0.3, -0.25) is 4.79 Å². The summed E-state index contributed by atoms with van der Waals surface area (Å²) in [5.74, 6) is 0.348. The number of ether oxygens (including phenoxy) is 3. The zero-order valence-electron chi connectivity index (χ0n) is 16.6. The Bertz CT molecular complexity index is 1010. The SMILES string of the molecule is COc1cccc(Oc2cccc(C(C#N)OC(=O)C3C(C=C(Cl)Cl)C3(C)C)n2)c1. The first-order valence-electron chi connectivity index (χ1n) is 9.18. The molecule has 3 rings (SSSR count). The fraction of sp³-hybridized carbons (Fsp3) is 0.318. The molecule has 3 atom stereocenters. The molecular weight excluding hydrogens is 427 g/mol. The second-order valence-corrected chi connectivity index (χ2v) is 8.42. The number of aromatic nitrogens is 1. The van der Waals surface area contributed by atoms with E-state index in [0.717, 1.165) is 0 Å². The fourth-order valence-corrected chi connectivity index (χ4v) is 3.61. The summed E-state index contributed by atoms with van der Waals surface area (Å²) in [6.07, 6.45) is 0.455. The van der Waals surface area contributed by atoms with Crippen LogP contribution in [0.5, 0.6) is 17.4 Å². The predicted octanol–water partition coefficient (Wildman–Crippen LogP) is 5.58. The Kier molecular flexibility index (Phi) is 6.55. The normalized spacial score (nSPS) is 19.7. The molecule has 2 aromatic rings. The molecular formula is C22H20Cl2N2O4. The number of pyridine rings is 1. The summed E-state index contributed by atoms with van der Waals surface area (Å²) < 4.78 is 16.5. The van der Waals surface area contributed by atoms with Crippen molar-refractivity contribution in [2.45, 2.75) is 20.0 Å². The van der Waals surface area contributed by atoms with E-state index in [0.29, 0.717) is 11.5 Å². The van der Waals surface area contributed by atoms with Crippen molar-refractivity contribution in [1.82, 2.24) is 4.98 Å². The van der Waals surface area contributed by atoms with E-state index in [1.807, 2.05) is 19.9 Å². The highest BCUT2D eigenvalue weighted by atomic mass is 35.5. The summed E-state index contributed by atoms with van der Waals surface area (Å²) in [7, 11) is 1.56. The van der Waals surface area contributed by atoms with Crippen LogP contribution in [0.3, 0.4) is 0 Å². The Hall–Kier alpha value is -2.75. The third kappa shape index (κ3) is 4.86. The van der Waals surface area contributed by atoms with Crippen LogP contribution in [0, 0.1) is 28.6 Å². The second kappa shape index (κ2) is 8.95. The van der Waals surface area contributed by atoms with Crippen molar-refractivity contribution in [3.8, 4) is 23.4 Å². The molecule has 0 radical (unpaired) electrons. The molecule has 8 heteroatoms. The van der Waals surface area contributed by atoms with Crippen molar-refractivity contribution >= 4 is 29.2 Å². The van der Waals surface area contributed by atoms with Crippen LogP contribution in [0.4, 0.5) is 0 Å². The number of hydrogen-bond donors (Lipinski definition) is 0. The van der Waals surface area contributed by atoms with Crippen LogP contribution in [0.25, 0.3) is 0 Å². The van der Waals surface area contributed by atoms with Crippen molar-refractivity contribution in [3.63, 3.8) is 0 Å². The van der Waals surface area contributed by atoms with E-state index in [9.17, 15) is 10.1 Å². The van der Waals surface area contributed by atoms with Crippen molar-refractivity contribution in [1.29, 1.82) is 5.26 Å². The van der Waals surface area contributed by atoms with E-state index < -0.39 is 18.0 Å². The second-order valence-electron chi connectivity index (χ2n) is 7.41. The lowest BCUT2D eigenvalue weighted by Crippen LogP contribution is -2.15. The lowest BCUT2D eigenvalue weighted by molar-refractivity contribution is -0.149. The molecule has 0 spiro atoms. The molecule has 0 saturated heterocycles. The Balaban J connectivity index is 1.73. The van der Waals surface area contributed by atoms with Crippen LogP contribution in [0.2, 0.25) is 0 Å². The van der Waals surface area contributed by atoms with Gasteiger partial charge in [0.15, 0.2) is 0 Å². The molecule has 3 unspecified atom stereocenters. The van der Waals surface area contributed by atoms with Gasteiger partial charge in [-0.1, -0.05) is 49.2 Å². The van der Waals surface area contributed by atoms with Crippen molar-refractivity contribution in [3.05, 3.63) is 58.7 Å². The van der Waals surface area contributed by atoms with E-state index in [4.69, 9.17) is 37.4 Å². The van der Waals surface area contributed by atoms with Crippen LogP contribution in [0.1, 0.15) is 25.6 Å². The van der Waals surface area contributed by atoms with E-state index in [-0.39, 0.29) is 27.4 Å². The number of hydrogen-bond acceptors (Lipinski definition) is 6. The number of carbonyl (C=O) groups is 1. The Morgan fingerprint density at radius 3 is 2.60 bits per heavy atom. The number of nitriles is 1. The molecule has 1 aromatic heterocycles. The number of methoxy groups -OCH3 is 1.